The van der Waals surface area contributed by atoms with Crippen molar-refractivity contribution in [2.75, 3.05) is 5.32 Å². The zero-order chi connectivity index (χ0) is 21.1. The van der Waals surface area contributed by atoms with Crippen LogP contribution in [0.25, 0.3) is 10.8 Å². The van der Waals surface area contributed by atoms with Gasteiger partial charge in [0, 0.05) is 11.3 Å². The molecule has 0 saturated carbocycles. The van der Waals surface area contributed by atoms with Crippen LogP contribution in [0.3, 0.4) is 0 Å². The van der Waals surface area contributed by atoms with Gasteiger partial charge < -0.3 is 0 Å². The van der Waals surface area contributed by atoms with Gasteiger partial charge in [0.1, 0.15) is 0 Å². The molecule has 0 aliphatic rings. The molecular formula is C21H14F3N3OS2. The zero-order valence-corrected chi connectivity index (χ0v) is 16.9. The Hall–Kier alpha value is -2.91. The molecule has 30 heavy (non-hydrogen) atoms. The second-order valence-electron chi connectivity index (χ2n) is 6.34. The van der Waals surface area contributed by atoms with Crippen LogP contribution in [0.15, 0.2) is 71.1 Å². The van der Waals surface area contributed by atoms with Gasteiger partial charge in [0.25, 0.3) is 5.91 Å². The number of fused-ring (bicyclic) bond motifs is 1. The summed E-state index contributed by atoms with van der Waals surface area (Å²) in [6.07, 6.45) is -4.35. The molecule has 1 amide bonds. The maximum Gasteiger partial charge on any atom is 0.416 e. The maximum absolute atomic E-state index is 12.7. The Morgan fingerprint density at radius 1 is 0.967 bits per heavy atom. The molecule has 4 nitrogen and oxygen atoms in total. The summed E-state index contributed by atoms with van der Waals surface area (Å²) < 4.78 is 38.5. The van der Waals surface area contributed by atoms with Gasteiger partial charge in [-0.05, 0) is 34.5 Å². The summed E-state index contributed by atoms with van der Waals surface area (Å²) in [4.78, 5) is 12.7. The first-order valence-corrected chi connectivity index (χ1v) is 10.6. The Morgan fingerprint density at radius 3 is 2.47 bits per heavy atom. The Labute approximate surface area is 178 Å². The number of amides is 1. The predicted molar refractivity (Wildman–Crippen MR) is 113 cm³/mol. The van der Waals surface area contributed by atoms with E-state index in [0.717, 1.165) is 28.5 Å². The van der Waals surface area contributed by atoms with Gasteiger partial charge in [-0.25, -0.2) is 0 Å². The van der Waals surface area contributed by atoms with E-state index in [2.05, 4.69) is 15.5 Å². The molecule has 0 unspecified atom stereocenters. The summed E-state index contributed by atoms with van der Waals surface area (Å²) in [6, 6.07) is 18.1. The molecule has 0 aliphatic carbocycles. The number of halogens is 3. The highest BCUT2D eigenvalue weighted by molar-refractivity contribution is 8.00. The molecule has 0 atom stereocenters. The third kappa shape index (κ3) is 4.63. The summed E-state index contributed by atoms with van der Waals surface area (Å²) >= 11 is 2.56. The number of carbonyl (C=O) groups is 1. The molecule has 0 radical (unpaired) electrons. The largest absolute Gasteiger partial charge is 0.416 e. The van der Waals surface area contributed by atoms with Crippen LogP contribution >= 0.6 is 23.1 Å². The van der Waals surface area contributed by atoms with Gasteiger partial charge in [-0.2, -0.15) is 13.2 Å². The van der Waals surface area contributed by atoms with Gasteiger partial charge in [0.15, 0.2) is 4.34 Å². The first kappa shape index (κ1) is 20.4. The normalized spacial score (nSPS) is 11.6. The van der Waals surface area contributed by atoms with Crippen LogP contribution < -0.4 is 5.32 Å². The van der Waals surface area contributed by atoms with Crippen molar-refractivity contribution >= 4 is 44.9 Å². The Morgan fingerprint density at radius 2 is 1.70 bits per heavy atom. The molecule has 9 heteroatoms. The predicted octanol–water partition coefficient (Wildman–Crippen LogP) is 6.25. The van der Waals surface area contributed by atoms with Gasteiger partial charge >= 0.3 is 6.18 Å². The molecule has 152 valence electrons. The van der Waals surface area contributed by atoms with E-state index in [1.807, 2.05) is 36.4 Å². The van der Waals surface area contributed by atoms with Crippen LogP contribution in [0.2, 0.25) is 0 Å². The number of nitrogens with zero attached hydrogens (tertiary/aromatic N) is 2. The summed E-state index contributed by atoms with van der Waals surface area (Å²) in [7, 11) is 0. The van der Waals surface area contributed by atoms with Gasteiger partial charge in [-0.15, -0.1) is 10.2 Å². The fraction of sp³-hybridized carbons (Fsp3) is 0.0952. The standard InChI is InChI=1S/C21H14F3N3OS2/c22-21(23,24)15-10-8-13(9-11-15)12-29-20-27-26-19(30-20)25-18(28)17-7-3-5-14-4-1-2-6-16(14)17/h1-11H,12H2,(H,25,26,28). The first-order valence-electron chi connectivity index (χ1n) is 8.82. The number of anilines is 1. The lowest BCUT2D eigenvalue weighted by Crippen LogP contribution is -2.12. The van der Waals surface area contributed by atoms with Crippen LogP contribution in [-0.2, 0) is 11.9 Å². The molecule has 4 rings (SSSR count). The minimum Gasteiger partial charge on any atom is -0.296 e. The molecule has 0 saturated heterocycles. The van der Waals surface area contributed by atoms with Crippen molar-refractivity contribution in [3.63, 3.8) is 0 Å². The molecule has 1 heterocycles. The number of aromatic nitrogens is 2. The van der Waals surface area contributed by atoms with Gasteiger partial charge in [0.05, 0.1) is 5.56 Å². The number of rotatable bonds is 5. The Kier molecular flexibility index (Phi) is 5.74. The fourth-order valence-electron chi connectivity index (χ4n) is 2.84. The zero-order valence-electron chi connectivity index (χ0n) is 15.3. The average molecular weight is 445 g/mol. The average Bonchev–Trinajstić information content (AvgIpc) is 3.18. The van der Waals surface area contributed by atoms with Crippen LogP contribution in [-0.4, -0.2) is 16.1 Å². The van der Waals surface area contributed by atoms with Crippen molar-refractivity contribution in [3.05, 3.63) is 83.4 Å². The van der Waals surface area contributed by atoms with Crippen molar-refractivity contribution in [3.8, 4) is 0 Å². The maximum atomic E-state index is 12.7. The van der Waals surface area contributed by atoms with E-state index in [1.54, 1.807) is 6.07 Å². The molecule has 1 N–H and O–H groups in total. The molecule has 0 bridgehead atoms. The van der Waals surface area contributed by atoms with Crippen LogP contribution in [0, 0.1) is 0 Å². The molecule has 3 aromatic carbocycles. The number of hydrogen-bond acceptors (Lipinski definition) is 5. The van der Waals surface area contributed by atoms with E-state index in [9.17, 15) is 18.0 Å². The van der Waals surface area contributed by atoms with Crippen molar-refractivity contribution in [2.24, 2.45) is 0 Å². The van der Waals surface area contributed by atoms with Crippen LogP contribution in [0.1, 0.15) is 21.5 Å². The smallest absolute Gasteiger partial charge is 0.296 e. The van der Waals surface area contributed by atoms with Gasteiger partial charge in [0.2, 0.25) is 5.13 Å². The monoisotopic (exact) mass is 445 g/mol. The highest BCUT2D eigenvalue weighted by Crippen LogP contribution is 2.32. The third-order valence-electron chi connectivity index (χ3n) is 4.30. The molecule has 0 fully saturated rings. The van der Waals surface area contributed by atoms with Crippen molar-refractivity contribution in [1.82, 2.24) is 10.2 Å². The van der Waals surface area contributed by atoms with Crippen molar-refractivity contribution in [2.45, 2.75) is 16.3 Å². The number of carbonyl (C=O) groups excluding carboxylic acids is 1. The van der Waals surface area contributed by atoms with Crippen molar-refractivity contribution < 1.29 is 18.0 Å². The lowest BCUT2D eigenvalue weighted by Gasteiger charge is -2.06. The summed E-state index contributed by atoms with van der Waals surface area (Å²) in [5.74, 6) is 0.173. The SMILES string of the molecule is O=C(Nc1nnc(SCc2ccc(C(F)(F)F)cc2)s1)c1cccc2ccccc12. The van der Waals surface area contributed by atoms with Crippen molar-refractivity contribution in [1.29, 1.82) is 0 Å². The Balaban J connectivity index is 1.40. The van der Waals surface area contributed by atoms with E-state index < -0.39 is 11.7 Å². The fourth-order valence-corrected chi connectivity index (χ4v) is 4.54. The van der Waals surface area contributed by atoms with Crippen LogP contribution in [0.4, 0.5) is 18.3 Å². The highest BCUT2D eigenvalue weighted by atomic mass is 32.2. The number of hydrogen-bond donors (Lipinski definition) is 1. The summed E-state index contributed by atoms with van der Waals surface area (Å²) in [6.45, 7) is 0. The second kappa shape index (κ2) is 8.45. The van der Waals surface area contributed by atoms with E-state index in [1.165, 1.54) is 35.2 Å². The van der Waals surface area contributed by atoms with E-state index in [0.29, 0.717) is 20.8 Å². The van der Waals surface area contributed by atoms with Gasteiger partial charge in [-0.1, -0.05) is 71.6 Å². The molecule has 0 aliphatic heterocycles. The summed E-state index contributed by atoms with van der Waals surface area (Å²) in [5, 5.41) is 13.0. The van der Waals surface area contributed by atoms with Gasteiger partial charge in [-0.3, -0.25) is 10.1 Å². The lowest BCUT2D eigenvalue weighted by molar-refractivity contribution is -0.137. The highest BCUT2D eigenvalue weighted by Gasteiger charge is 2.29. The number of thioether (sulfide) groups is 1. The molecular weight excluding hydrogens is 431 g/mol. The minimum atomic E-state index is -4.35. The number of nitrogens with one attached hydrogen (secondary N) is 1. The van der Waals surface area contributed by atoms with E-state index in [4.69, 9.17) is 0 Å². The van der Waals surface area contributed by atoms with E-state index >= 15 is 0 Å². The lowest BCUT2D eigenvalue weighted by atomic mass is 10.0. The Bertz CT molecular complexity index is 1180. The third-order valence-corrected chi connectivity index (χ3v) is 6.35. The number of alkyl halides is 3. The molecule has 0 spiro atoms. The number of benzene rings is 3. The second-order valence-corrected chi connectivity index (χ2v) is 8.54. The first-order chi connectivity index (χ1) is 14.4. The molecule has 1 aromatic heterocycles. The summed E-state index contributed by atoms with van der Waals surface area (Å²) in [5.41, 5.74) is 0.609. The topological polar surface area (TPSA) is 54.9 Å². The van der Waals surface area contributed by atoms with Crippen LogP contribution in [0.5, 0.6) is 0 Å². The minimum absolute atomic E-state index is 0.276. The van der Waals surface area contributed by atoms with E-state index in [-0.39, 0.29) is 5.91 Å². The molecule has 4 aromatic rings. The quantitative estimate of drug-likeness (QED) is 0.291.